The number of esters is 1. The van der Waals surface area contributed by atoms with Gasteiger partial charge in [-0.3, -0.25) is 4.79 Å². The second kappa shape index (κ2) is 10.8. The van der Waals surface area contributed by atoms with Gasteiger partial charge in [0.1, 0.15) is 6.10 Å². The lowest BCUT2D eigenvalue weighted by Crippen LogP contribution is -2.29. The van der Waals surface area contributed by atoms with Gasteiger partial charge in [-0.25, -0.2) is 0 Å². The summed E-state index contributed by atoms with van der Waals surface area (Å²) in [7, 11) is 0. The van der Waals surface area contributed by atoms with Crippen molar-refractivity contribution in [1.82, 2.24) is 0 Å². The van der Waals surface area contributed by atoms with Gasteiger partial charge in [0, 0.05) is 6.42 Å². The first kappa shape index (κ1) is 16.7. The lowest BCUT2D eigenvalue weighted by atomic mass is 10.1. The van der Waals surface area contributed by atoms with Crippen molar-refractivity contribution >= 4 is 17.6 Å². The third-order valence-electron chi connectivity index (χ3n) is 2.47. The Balaban J connectivity index is 3.46. The normalized spacial score (nSPS) is 14.4. The molecule has 0 aromatic carbocycles. The Labute approximate surface area is 108 Å². The van der Waals surface area contributed by atoms with E-state index >= 15 is 0 Å². The van der Waals surface area contributed by atoms with Gasteiger partial charge < -0.3 is 14.9 Å². The number of aliphatic hydroxyl groups excluding tert-OH is 2. The van der Waals surface area contributed by atoms with Crippen molar-refractivity contribution in [2.24, 2.45) is 0 Å². The smallest absolute Gasteiger partial charge is 0.307 e. The lowest BCUT2D eigenvalue weighted by molar-refractivity contribution is -0.150. The summed E-state index contributed by atoms with van der Waals surface area (Å²) >= 11 is 5.55. The van der Waals surface area contributed by atoms with E-state index < -0.39 is 24.2 Å². The largest absolute Gasteiger partial charge is 0.443 e. The molecule has 17 heavy (non-hydrogen) atoms. The highest BCUT2D eigenvalue weighted by atomic mass is 35.5. The molecule has 0 saturated heterocycles. The van der Waals surface area contributed by atoms with Crippen LogP contribution in [0.4, 0.5) is 0 Å². The molecule has 102 valence electrons. The van der Waals surface area contributed by atoms with Gasteiger partial charge in [-0.05, 0) is 6.42 Å². The van der Waals surface area contributed by atoms with Crippen molar-refractivity contribution < 1.29 is 19.7 Å². The van der Waals surface area contributed by atoms with Crippen LogP contribution in [-0.2, 0) is 9.53 Å². The summed E-state index contributed by atoms with van der Waals surface area (Å²) in [6.45, 7) is 1.64. The molecular weight excluding hydrogens is 244 g/mol. The molecule has 0 radical (unpaired) electrons. The fourth-order valence-corrected chi connectivity index (χ4v) is 1.57. The standard InChI is InChI=1S/C12H23ClO4/c1-2-3-4-5-6-7-8-11(16)17-12(13)10(15)9-14/h10,12,14-15H,2-9H2,1H3/t10-,12+/m1/s1. The number of carbonyl (C=O) groups is 1. The Morgan fingerprint density at radius 3 is 2.41 bits per heavy atom. The molecule has 0 aliphatic rings. The van der Waals surface area contributed by atoms with E-state index in [0.29, 0.717) is 6.42 Å². The van der Waals surface area contributed by atoms with Crippen molar-refractivity contribution in [2.45, 2.75) is 63.5 Å². The van der Waals surface area contributed by atoms with Crippen LogP contribution < -0.4 is 0 Å². The Morgan fingerprint density at radius 2 is 1.82 bits per heavy atom. The minimum atomic E-state index is -1.22. The molecule has 0 aromatic rings. The number of alkyl halides is 1. The molecule has 0 saturated carbocycles. The minimum Gasteiger partial charge on any atom is -0.443 e. The van der Waals surface area contributed by atoms with E-state index in [1.165, 1.54) is 19.3 Å². The Morgan fingerprint density at radius 1 is 1.24 bits per heavy atom. The van der Waals surface area contributed by atoms with Crippen LogP contribution >= 0.6 is 11.6 Å². The highest BCUT2D eigenvalue weighted by molar-refractivity contribution is 6.20. The average Bonchev–Trinajstić information content (AvgIpc) is 2.32. The number of hydrogen-bond acceptors (Lipinski definition) is 4. The van der Waals surface area contributed by atoms with E-state index in [0.717, 1.165) is 19.3 Å². The molecule has 5 heteroatoms. The van der Waals surface area contributed by atoms with Gasteiger partial charge >= 0.3 is 5.97 Å². The van der Waals surface area contributed by atoms with Crippen molar-refractivity contribution in [1.29, 1.82) is 0 Å². The van der Waals surface area contributed by atoms with E-state index in [9.17, 15) is 4.79 Å². The molecule has 0 rings (SSSR count). The highest BCUT2D eigenvalue weighted by Gasteiger charge is 2.19. The molecule has 0 unspecified atom stereocenters. The van der Waals surface area contributed by atoms with Crippen molar-refractivity contribution in [3.05, 3.63) is 0 Å². The summed E-state index contributed by atoms with van der Waals surface area (Å²) in [4.78, 5) is 11.3. The van der Waals surface area contributed by atoms with E-state index in [-0.39, 0.29) is 0 Å². The number of ether oxygens (including phenoxy) is 1. The molecule has 0 heterocycles. The van der Waals surface area contributed by atoms with Gasteiger partial charge in [0.2, 0.25) is 5.56 Å². The van der Waals surface area contributed by atoms with Gasteiger partial charge in [0.25, 0.3) is 0 Å². The number of rotatable bonds is 10. The van der Waals surface area contributed by atoms with Gasteiger partial charge in [-0.15, -0.1) is 0 Å². The second-order valence-corrected chi connectivity index (χ2v) is 4.54. The SMILES string of the molecule is CCCCCCCCC(=O)O[C@H](Cl)[C@H](O)CO. The number of aliphatic hydroxyl groups is 2. The number of halogens is 1. The van der Waals surface area contributed by atoms with Crippen molar-refractivity contribution in [2.75, 3.05) is 6.61 Å². The molecule has 4 nitrogen and oxygen atoms in total. The zero-order valence-electron chi connectivity index (χ0n) is 10.4. The molecule has 0 fully saturated rings. The topological polar surface area (TPSA) is 66.8 Å². The second-order valence-electron chi connectivity index (χ2n) is 4.11. The Kier molecular flexibility index (Phi) is 10.6. The molecule has 0 bridgehead atoms. The highest BCUT2D eigenvalue weighted by Crippen LogP contribution is 2.10. The predicted octanol–water partition coefficient (Wildman–Crippen LogP) is 2.20. The zero-order valence-corrected chi connectivity index (χ0v) is 11.2. The Bertz CT molecular complexity index is 199. The molecule has 0 aliphatic heterocycles. The van der Waals surface area contributed by atoms with E-state index in [1.54, 1.807) is 0 Å². The number of unbranched alkanes of at least 4 members (excludes halogenated alkanes) is 5. The van der Waals surface area contributed by atoms with Gasteiger partial charge in [0.15, 0.2) is 0 Å². The average molecular weight is 267 g/mol. The first-order valence-corrected chi connectivity index (χ1v) is 6.68. The third-order valence-corrected chi connectivity index (χ3v) is 2.85. The maximum Gasteiger partial charge on any atom is 0.307 e. The van der Waals surface area contributed by atoms with Crippen molar-refractivity contribution in [3.63, 3.8) is 0 Å². The van der Waals surface area contributed by atoms with Crippen LogP contribution in [0.3, 0.4) is 0 Å². The van der Waals surface area contributed by atoms with Gasteiger partial charge in [-0.2, -0.15) is 0 Å². The summed E-state index contributed by atoms with van der Waals surface area (Å²) in [5.74, 6) is -0.423. The summed E-state index contributed by atoms with van der Waals surface area (Å²) in [6, 6.07) is 0. The van der Waals surface area contributed by atoms with Crippen LogP contribution in [0.1, 0.15) is 51.9 Å². The molecule has 2 atom stereocenters. The van der Waals surface area contributed by atoms with E-state index in [1.807, 2.05) is 0 Å². The van der Waals surface area contributed by atoms with Gasteiger partial charge in [0.05, 0.1) is 6.61 Å². The third kappa shape index (κ3) is 9.39. The maximum absolute atomic E-state index is 11.3. The quantitative estimate of drug-likeness (QED) is 0.361. The summed E-state index contributed by atoms with van der Waals surface area (Å²) in [5.41, 5.74) is -1.16. The van der Waals surface area contributed by atoms with Gasteiger partial charge in [-0.1, -0.05) is 50.6 Å². The van der Waals surface area contributed by atoms with Crippen LogP contribution in [0.5, 0.6) is 0 Å². The monoisotopic (exact) mass is 266 g/mol. The van der Waals surface area contributed by atoms with Crippen LogP contribution in [0.15, 0.2) is 0 Å². The zero-order chi connectivity index (χ0) is 13.1. The molecular formula is C12H23ClO4. The van der Waals surface area contributed by atoms with E-state index in [4.69, 9.17) is 26.6 Å². The predicted molar refractivity (Wildman–Crippen MR) is 66.8 cm³/mol. The molecule has 0 aromatic heterocycles. The summed E-state index contributed by atoms with van der Waals surface area (Å²) < 4.78 is 4.75. The van der Waals surface area contributed by atoms with Crippen LogP contribution in [-0.4, -0.2) is 34.5 Å². The van der Waals surface area contributed by atoms with Crippen LogP contribution in [0, 0.1) is 0 Å². The lowest BCUT2D eigenvalue weighted by Gasteiger charge is -2.15. The van der Waals surface area contributed by atoms with Crippen LogP contribution in [0.2, 0.25) is 0 Å². The van der Waals surface area contributed by atoms with Crippen LogP contribution in [0.25, 0.3) is 0 Å². The maximum atomic E-state index is 11.3. The summed E-state index contributed by atoms with van der Waals surface area (Å²) in [5, 5.41) is 17.7. The first-order valence-electron chi connectivity index (χ1n) is 6.24. The first-order chi connectivity index (χ1) is 8.11. The number of carbonyl (C=O) groups excluding carboxylic acids is 1. The number of hydrogen-bond donors (Lipinski definition) is 2. The Hall–Kier alpha value is -0.320. The van der Waals surface area contributed by atoms with E-state index in [2.05, 4.69) is 6.92 Å². The minimum absolute atomic E-state index is 0.313. The van der Waals surface area contributed by atoms with Crippen molar-refractivity contribution in [3.8, 4) is 0 Å². The molecule has 2 N–H and O–H groups in total. The fraction of sp³-hybridized carbons (Fsp3) is 0.917. The molecule has 0 aliphatic carbocycles. The summed E-state index contributed by atoms with van der Waals surface area (Å²) in [6.07, 6.45) is 5.65. The molecule has 0 spiro atoms. The fourth-order valence-electron chi connectivity index (χ4n) is 1.40. The molecule has 0 amide bonds.